The third-order valence-corrected chi connectivity index (χ3v) is 2.93. The second-order valence-electron chi connectivity index (χ2n) is 3.91. The predicted molar refractivity (Wildman–Crippen MR) is 71.4 cm³/mol. The zero-order valence-electron chi connectivity index (χ0n) is 9.79. The lowest BCUT2D eigenvalue weighted by molar-refractivity contribution is 0.858. The Morgan fingerprint density at radius 3 is 2.84 bits per heavy atom. The van der Waals surface area contributed by atoms with Crippen LogP contribution in [0.3, 0.4) is 0 Å². The topological polar surface area (TPSA) is 67.4 Å². The molecule has 5 nitrogen and oxygen atoms in total. The van der Waals surface area contributed by atoms with E-state index in [1.807, 2.05) is 12.1 Å². The van der Waals surface area contributed by atoms with Gasteiger partial charge in [0.1, 0.15) is 17.9 Å². The van der Waals surface area contributed by atoms with E-state index in [1.165, 1.54) is 0 Å². The standard InChI is InChI=1S/C13H8ClN5/c14-10-7-11-13(17-8-10)19(6-3-15)12(18-11)9-1-4-16-5-2-9/h1-2,4-5,7-8H,6H2. The van der Waals surface area contributed by atoms with Crippen molar-refractivity contribution in [2.45, 2.75) is 6.54 Å². The van der Waals surface area contributed by atoms with E-state index in [1.54, 1.807) is 29.2 Å². The van der Waals surface area contributed by atoms with E-state index < -0.39 is 0 Å². The van der Waals surface area contributed by atoms with Crippen LogP contribution < -0.4 is 0 Å². The summed E-state index contributed by atoms with van der Waals surface area (Å²) >= 11 is 5.92. The summed E-state index contributed by atoms with van der Waals surface area (Å²) in [6.07, 6.45) is 4.92. The van der Waals surface area contributed by atoms with Crippen molar-refractivity contribution in [1.29, 1.82) is 5.26 Å². The van der Waals surface area contributed by atoms with Gasteiger partial charge in [0.05, 0.1) is 11.1 Å². The molecule has 6 heteroatoms. The summed E-state index contributed by atoms with van der Waals surface area (Å²) in [7, 11) is 0. The molecule has 0 amide bonds. The number of rotatable bonds is 2. The number of nitrogens with zero attached hydrogens (tertiary/aromatic N) is 5. The third-order valence-electron chi connectivity index (χ3n) is 2.72. The molecule has 3 rings (SSSR count). The first-order chi connectivity index (χ1) is 9.29. The van der Waals surface area contributed by atoms with Crippen molar-refractivity contribution in [3.05, 3.63) is 41.8 Å². The molecule has 0 N–H and O–H groups in total. The van der Waals surface area contributed by atoms with E-state index >= 15 is 0 Å². The lowest BCUT2D eigenvalue weighted by Crippen LogP contribution is -1.99. The molecular formula is C13H8ClN5. The molecule has 92 valence electrons. The highest BCUT2D eigenvalue weighted by molar-refractivity contribution is 6.31. The van der Waals surface area contributed by atoms with E-state index in [0.29, 0.717) is 22.0 Å². The van der Waals surface area contributed by atoms with E-state index in [0.717, 1.165) is 5.56 Å². The molecule has 0 radical (unpaired) electrons. The second-order valence-corrected chi connectivity index (χ2v) is 4.35. The summed E-state index contributed by atoms with van der Waals surface area (Å²) in [5.74, 6) is 0.689. The van der Waals surface area contributed by atoms with Crippen molar-refractivity contribution in [3.8, 4) is 17.5 Å². The minimum Gasteiger partial charge on any atom is -0.295 e. The van der Waals surface area contributed by atoms with Crippen LogP contribution in [0.25, 0.3) is 22.6 Å². The van der Waals surface area contributed by atoms with Crippen molar-refractivity contribution in [3.63, 3.8) is 0 Å². The first kappa shape index (κ1) is 11.6. The Morgan fingerprint density at radius 2 is 2.11 bits per heavy atom. The van der Waals surface area contributed by atoms with Crippen molar-refractivity contribution < 1.29 is 0 Å². The second kappa shape index (κ2) is 4.67. The first-order valence-corrected chi connectivity index (χ1v) is 5.96. The monoisotopic (exact) mass is 269 g/mol. The summed E-state index contributed by atoms with van der Waals surface area (Å²) < 4.78 is 1.76. The molecule has 0 aliphatic heterocycles. The Labute approximate surface area is 114 Å². The quantitative estimate of drug-likeness (QED) is 0.717. The smallest absolute Gasteiger partial charge is 0.161 e. The fourth-order valence-corrected chi connectivity index (χ4v) is 2.08. The molecule has 3 aromatic rings. The number of fused-ring (bicyclic) bond motifs is 1. The number of imidazole rings is 1. The summed E-state index contributed by atoms with van der Waals surface area (Å²) in [4.78, 5) is 12.7. The zero-order valence-corrected chi connectivity index (χ0v) is 10.5. The van der Waals surface area contributed by atoms with Crippen LogP contribution in [0.15, 0.2) is 36.8 Å². The third kappa shape index (κ3) is 2.02. The molecule has 19 heavy (non-hydrogen) atoms. The van der Waals surface area contributed by atoms with Gasteiger partial charge in [-0.1, -0.05) is 11.6 Å². The predicted octanol–water partition coefficient (Wildman–Crippen LogP) is 2.67. The average molecular weight is 270 g/mol. The lowest BCUT2D eigenvalue weighted by atomic mass is 10.2. The van der Waals surface area contributed by atoms with Gasteiger partial charge in [-0.3, -0.25) is 9.55 Å². The number of halogens is 1. The summed E-state index contributed by atoms with van der Waals surface area (Å²) in [5.41, 5.74) is 2.21. The minimum absolute atomic E-state index is 0.183. The van der Waals surface area contributed by atoms with Crippen LogP contribution in [-0.2, 0) is 6.54 Å². The summed E-state index contributed by atoms with van der Waals surface area (Å²) in [6.45, 7) is 0.183. The lowest BCUT2D eigenvalue weighted by Gasteiger charge is -2.03. The van der Waals surface area contributed by atoms with Crippen molar-refractivity contribution in [1.82, 2.24) is 19.5 Å². The van der Waals surface area contributed by atoms with Gasteiger partial charge in [-0.2, -0.15) is 5.26 Å². The number of nitriles is 1. The molecule has 0 atom stereocenters. The highest BCUT2D eigenvalue weighted by Gasteiger charge is 2.13. The Morgan fingerprint density at radius 1 is 1.32 bits per heavy atom. The molecule has 0 aromatic carbocycles. The molecule has 0 bridgehead atoms. The van der Waals surface area contributed by atoms with Crippen molar-refractivity contribution in [2.75, 3.05) is 0 Å². The summed E-state index contributed by atoms with van der Waals surface area (Å²) in [5, 5.41) is 9.48. The number of aromatic nitrogens is 4. The molecule has 0 fully saturated rings. The largest absolute Gasteiger partial charge is 0.295 e. The fraction of sp³-hybridized carbons (Fsp3) is 0.0769. The van der Waals surface area contributed by atoms with Gasteiger partial charge in [0.2, 0.25) is 0 Å². The van der Waals surface area contributed by atoms with Crippen LogP contribution in [-0.4, -0.2) is 19.5 Å². The number of hydrogen-bond donors (Lipinski definition) is 0. The van der Waals surface area contributed by atoms with Crippen LogP contribution >= 0.6 is 11.6 Å². The molecule has 3 heterocycles. The average Bonchev–Trinajstić information content (AvgIpc) is 2.78. The molecule has 0 saturated carbocycles. The maximum atomic E-state index is 8.96. The van der Waals surface area contributed by atoms with Crippen LogP contribution in [0.5, 0.6) is 0 Å². The van der Waals surface area contributed by atoms with E-state index in [4.69, 9.17) is 16.9 Å². The zero-order chi connectivity index (χ0) is 13.2. The minimum atomic E-state index is 0.183. The van der Waals surface area contributed by atoms with E-state index in [9.17, 15) is 0 Å². The molecule has 3 aromatic heterocycles. The molecular weight excluding hydrogens is 262 g/mol. The molecule has 0 aliphatic rings. The Hall–Kier alpha value is -2.45. The highest BCUT2D eigenvalue weighted by atomic mass is 35.5. The van der Waals surface area contributed by atoms with Gasteiger partial charge in [0, 0.05) is 24.2 Å². The van der Waals surface area contributed by atoms with Crippen LogP contribution in [0.2, 0.25) is 5.02 Å². The Balaban J connectivity index is 2.29. The van der Waals surface area contributed by atoms with Crippen molar-refractivity contribution >= 4 is 22.8 Å². The van der Waals surface area contributed by atoms with Gasteiger partial charge in [-0.05, 0) is 18.2 Å². The van der Waals surface area contributed by atoms with Gasteiger partial charge in [-0.15, -0.1) is 0 Å². The van der Waals surface area contributed by atoms with Gasteiger partial charge in [0.15, 0.2) is 5.65 Å². The van der Waals surface area contributed by atoms with Crippen molar-refractivity contribution in [2.24, 2.45) is 0 Å². The van der Waals surface area contributed by atoms with Crippen LogP contribution in [0.4, 0.5) is 0 Å². The first-order valence-electron chi connectivity index (χ1n) is 5.59. The fourth-order valence-electron chi connectivity index (χ4n) is 1.93. The molecule has 0 spiro atoms. The maximum Gasteiger partial charge on any atom is 0.161 e. The maximum absolute atomic E-state index is 8.96. The van der Waals surface area contributed by atoms with Gasteiger partial charge in [-0.25, -0.2) is 9.97 Å². The molecule has 0 saturated heterocycles. The number of pyridine rings is 2. The summed E-state index contributed by atoms with van der Waals surface area (Å²) in [6, 6.07) is 7.55. The molecule has 0 aliphatic carbocycles. The van der Waals surface area contributed by atoms with Gasteiger partial charge >= 0.3 is 0 Å². The SMILES string of the molecule is N#CCn1c(-c2ccncc2)nc2cc(Cl)cnc21. The van der Waals surface area contributed by atoms with E-state index in [2.05, 4.69) is 21.0 Å². The highest BCUT2D eigenvalue weighted by Crippen LogP contribution is 2.24. The number of hydrogen-bond acceptors (Lipinski definition) is 4. The Bertz CT molecular complexity index is 773. The Kier molecular flexibility index (Phi) is 2.86. The van der Waals surface area contributed by atoms with Gasteiger partial charge < -0.3 is 0 Å². The normalized spacial score (nSPS) is 10.5. The van der Waals surface area contributed by atoms with E-state index in [-0.39, 0.29) is 6.54 Å². The molecule has 0 unspecified atom stereocenters. The van der Waals surface area contributed by atoms with Crippen LogP contribution in [0.1, 0.15) is 0 Å². The van der Waals surface area contributed by atoms with Gasteiger partial charge in [0.25, 0.3) is 0 Å². The van der Waals surface area contributed by atoms with Crippen LogP contribution in [0, 0.1) is 11.3 Å².